The quantitative estimate of drug-likeness (QED) is 0.806. The van der Waals surface area contributed by atoms with Gasteiger partial charge >= 0.3 is 0 Å². The Labute approximate surface area is 137 Å². The lowest BCUT2D eigenvalue weighted by atomic mass is 9.91. The molecule has 3 nitrogen and oxygen atoms in total. The maximum atomic E-state index is 13.6. The van der Waals surface area contributed by atoms with Crippen molar-refractivity contribution in [2.75, 3.05) is 19.6 Å². The molecule has 1 aromatic heterocycles. The van der Waals surface area contributed by atoms with Crippen LogP contribution >= 0.6 is 0 Å². The van der Waals surface area contributed by atoms with Crippen molar-refractivity contribution in [2.45, 2.75) is 44.6 Å². The highest BCUT2D eigenvalue weighted by Gasteiger charge is 2.24. The molecular weight excluding hydrogens is 289 g/mol. The normalized spacial score (nSPS) is 24.7. The fourth-order valence-electron chi connectivity index (χ4n) is 4.27. The lowest BCUT2D eigenvalue weighted by Crippen LogP contribution is -2.33. The largest absolute Gasteiger partial charge is 0.357 e. The summed E-state index contributed by atoms with van der Waals surface area (Å²) in [6.07, 6.45) is 7.32. The van der Waals surface area contributed by atoms with Gasteiger partial charge in [-0.05, 0) is 87.8 Å². The summed E-state index contributed by atoms with van der Waals surface area (Å²) >= 11 is 0. The maximum absolute atomic E-state index is 13.6. The number of hydrogen-bond donors (Lipinski definition) is 3. The lowest BCUT2D eigenvalue weighted by molar-refractivity contribution is 0.338. The van der Waals surface area contributed by atoms with Crippen LogP contribution in [0.3, 0.4) is 0 Å². The third-order valence-corrected chi connectivity index (χ3v) is 5.51. The van der Waals surface area contributed by atoms with Crippen molar-refractivity contribution in [1.29, 1.82) is 0 Å². The van der Waals surface area contributed by atoms with Gasteiger partial charge in [0.2, 0.25) is 0 Å². The smallest absolute Gasteiger partial charge is 0.123 e. The van der Waals surface area contributed by atoms with Gasteiger partial charge in [0.15, 0.2) is 0 Å². The summed E-state index contributed by atoms with van der Waals surface area (Å²) in [6, 6.07) is 5.49. The Morgan fingerprint density at radius 2 is 2.17 bits per heavy atom. The van der Waals surface area contributed by atoms with Crippen LogP contribution in [-0.2, 0) is 6.42 Å². The Kier molecular flexibility index (Phi) is 4.36. The first-order valence-electron chi connectivity index (χ1n) is 9.05. The first-order chi connectivity index (χ1) is 11.3. The summed E-state index contributed by atoms with van der Waals surface area (Å²) in [6.45, 7) is 3.42. The molecule has 1 aliphatic heterocycles. The Balaban J connectivity index is 1.46. The summed E-state index contributed by atoms with van der Waals surface area (Å²) in [4.78, 5) is 3.54. The van der Waals surface area contributed by atoms with E-state index in [2.05, 4.69) is 15.6 Å². The molecule has 0 saturated carbocycles. The zero-order chi connectivity index (χ0) is 15.6. The van der Waals surface area contributed by atoms with Crippen molar-refractivity contribution in [3.8, 4) is 0 Å². The first-order valence-corrected chi connectivity index (χ1v) is 9.05. The van der Waals surface area contributed by atoms with E-state index in [1.807, 2.05) is 6.07 Å². The molecule has 1 aromatic carbocycles. The van der Waals surface area contributed by atoms with E-state index in [1.165, 1.54) is 56.5 Å². The molecular formula is C19H26FN3. The summed E-state index contributed by atoms with van der Waals surface area (Å²) in [5.41, 5.74) is 3.68. The Morgan fingerprint density at radius 1 is 1.22 bits per heavy atom. The van der Waals surface area contributed by atoms with Crippen molar-refractivity contribution >= 4 is 10.9 Å². The van der Waals surface area contributed by atoms with Crippen molar-refractivity contribution in [1.82, 2.24) is 15.6 Å². The molecule has 2 aliphatic rings. The molecule has 1 saturated heterocycles. The number of aryl methyl sites for hydroxylation is 1. The number of nitrogens with one attached hydrogen (secondary N) is 3. The minimum atomic E-state index is -0.140. The van der Waals surface area contributed by atoms with Crippen molar-refractivity contribution < 1.29 is 4.39 Å². The molecule has 23 heavy (non-hydrogen) atoms. The fraction of sp³-hybridized carbons (Fsp3) is 0.579. The molecule has 0 bridgehead atoms. The second-order valence-electron chi connectivity index (χ2n) is 7.11. The number of piperidine rings is 1. The molecule has 0 radical (unpaired) electrons. The van der Waals surface area contributed by atoms with Gasteiger partial charge in [0.25, 0.3) is 0 Å². The van der Waals surface area contributed by atoms with Crippen LogP contribution in [0.4, 0.5) is 4.39 Å². The van der Waals surface area contributed by atoms with E-state index < -0.39 is 0 Å². The van der Waals surface area contributed by atoms with Gasteiger partial charge < -0.3 is 15.6 Å². The third kappa shape index (κ3) is 3.15. The van der Waals surface area contributed by atoms with Gasteiger partial charge in [-0.3, -0.25) is 0 Å². The number of benzene rings is 1. The minimum absolute atomic E-state index is 0.140. The molecule has 2 heterocycles. The van der Waals surface area contributed by atoms with Crippen molar-refractivity contribution in [3.63, 3.8) is 0 Å². The average Bonchev–Trinajstić information content (AvgIpc) is 2.95. The Morgan fingerprint density at radius 3 is 3.04 bits per heavy atom. The van der Waals surface area contributed by atoms with Crippen LogP contribution in [0.1, 0.15) is 49.4 Å². The van der Waals surface area contributed by atoms with Gasteiger partial charge in [0.1, 0.15) is 5.82 Å². The van der Waals surface area contributed by atoms with Gasteiger partial charge in [-0.2, -0.15) is 0 Å². The van der Waals surface area contributed by atoms with Crippen LogP contribution in [0.25, 0.3) is 10.9 Å². The monoisotopic (exact) mass is 315 g/mol. The number of fused-ring (bicyclic) bond motifs is 3. The van der Waals surface area contributed by atoms with Crippen molar-refractivity contribution in [2.24, 2.45) is 5.92 Å². The molecule has 0 spiro atoms. The van der Waals surface area contributed by atoms with E-state index in [0.717, 1.165) is 29.8 Å². The van der Waals surface area contributed by atoms with E-state index >= 15 is 0 Å². The Hall–Kier alpha value is -1.39. The minimum Gasteiger partial charge on any atom is -0.357 e. The fourth-order valence-corrected chi connectivity index (χ4v) is 4.27. The first kappa shape index (κ1) is 15.2. The summed E-state index contributed by atoms with van der Waals surface area (Å²) in [5.74, 6) is 0.676. The highest BCUT2D eigenvalue weighted by Crippen LogP contribution is 2.35. The molecule has 1 fully saturated rings. The molecule has 1 aliphatic carbocycles. The highest BCUT2D eigenvalue weighted by atomic mass is 19.1. The standard InChI is InChI=1S/C19H26FN3/c20-14-6-7-17-16(11-14)15-4-1-5-18(19(15)23-17)22-10-8-13-3-2-9-21-12-13/h6-7,11,13,18,21-23H,1-5,8-10,12H2. The second-order valence-corrected chi connectivity index (χ2v) is 7.11. The molecule has 0 amide bonds. The van der Waals surface area contributed by atoms with Gasteiger partial charge in [0, 0.05) is 22.6 Å². The number of H-pyrrole nitrogens is 1. The van der Waals surface area contributed by atoms with Crippen LogP contribution in [0.2, 0.25) is 0 Å². The van der Waals surface area contributed by atoms with Gasteiger partial charge in [-0.25, -0.2) is 4.39 Å². The van der Waals surface area contributed by atoms with Crippen LogP contribution < -0.4 is 10.6 Å². The summed E-state index contributed by atoms with van der Waals surface area (Å²) in [5, 5.41) is 8.31. The molecule has 2 atom stereocenters. The van der Waals surface area contributed by atoms with Crippen LogP contribution in [-0.4, -0.2) is 24.6 Å². The third-order valence-electron chi connectivity index (χ3n) is 5.51. The second kappa shape index (κ2) is 6.62. The van der Waals surface area contributed by atoms with E-state index in [0.29, 0.717) is 6.04 Å². The number of aromatic nitrogens is 1. The highest BCUT2D eigenvalue weighted by molar-refractivity contribution is 5.85. The number of aromatic amines is 1. The summed E-state index contributed by atoms with van der Waals surface area (Å²) < 4.78 is 13.6. The van der Waals surface area contributed by atoms with Gasteiger partial charge in [-0.15, -0.1) is 0 Å². The summed E-state index contributed by atoms with van der Waals surface area (Å²) in [7, 11) is 0. The molecule has 4 rings (SSSR count). The maximum Gasteiger partial charge on any atom is 0.123 e. The molecule has 3 N–H and O–H groups in total. The van der Waals surface area contributed by atoms with Crippen LogP contribution in [0, 0.1) is 11.7 Å². The lowest BCUT2D eigenvalue weighted by Gasteiger charge is -2.26. The van der Waals surface area contributed by atoms with E-state index in [9.17, 15) is 4.39 Å². The Bertz CT molecular complexity index is 673. The molecule has 124 valence electrons. The van der Waals surface area contributed by atoms with E-state index in [4.69, 9.17) is 0 Å². The topological polar surface area (TPSA) is 39.9 Å². The molecule has 2 unspecified atom stereocenters. The zero-order valence-corrected chi connectivity index (χ0v) is 13.6. The molecule has 2 aromatic rings. The van der Waals surface area contributed by atoms with Gasteiger partial charge in [-0.1, -0.05) is 0 Å². The van der Waals surface area contributed by atoms with Crippen molar-refractivity contribution in [3.05, 3.63) is 35.3 Å². The van der Waals surface area contributed by atoms with E-state index in [-0.39, 0.29) is 5.82 Å². The van der Waals surface area contributed by atoms with Crippen LogP contribution in [0.15, 0.2) is 18.2 Å². The predicted octanol–water partition coefficient (Wildman–Crippen LogP) is 3.66. The SMILES string of the molecule is Fc1ccc2[nH]c3c(c2c1)CCCC3NCCC1CCCNC1. The zero-order valence-electron chi connectivity index (χ0n) is 13.6. The average molecular weight is 315 g/mol. The number of halogens is 1. The van der Waals surface area contributed by atoms with Gasteiger partial charge in [0.05, 0.1) is 0 Å². The predicted molar refractivity (Wildman–Crippen MR) is 92.1 cm³/mol. The van der Waals surface area contributed by atoms with E-state index in [1.54, 1.807) is 12.1 Å². The number of rotatable bonds is 4. The molecule has 4 heteroatoms. The van der Waals surface area contributed by atoms with Crippen LogP contribution in [0.5, 0.6) is 0 Å². The number of hydrogen-bond acceptors (Lipinski definition) is 2.